The van der Waals surface area contributed by atoms with E-state index in [-0.39, 0.29) is 5.56 Å². The molecule has 0 radical (unpaired) electrons. The summed E-state index contributed by atoms with van der Waals surface area (Å²) >= 11 is 0. The fourth-order valence-electron chi connectivity index (χ4n) is 1.16. The number of rotatable bonds is 1. The van der Waals surface area contributed by atoms with E-state index < -0.39 is 6.43 Å². The molecular weight excluding hydrogens is 162 g/mol. The maximum absolute atomic E-state index is 12.3. The van der Waals surface area contributed by atoms with Crippen molar-refractivity contribution in [3.05, 3.63) is 30.2 Å². The molecule has 4 heteroatoms. The van der Waals surface area contributed by atoms with Crippen molar-refractivity contribution in [2.75, 3.05) is 0 Å². The molecule has 1 N–H and O–H groups in total. The predicted molar refractivity (Wildman–Crippen MR) is 41.1 cm³/mol. The van der Waals surface area contributed by atoms with Crippen LogP contribution in [-0.2, 0) is 0 Å². The van der Waals surface area contributed by atoms with Crippen molar-refractivity contribution in [3.63, 3.8) is 0 Å². The predicted octanol–water partition coefficient (Wildman–Crippen LogP) is 2.50. The number of H-pyrrole nitrogens is 1. The van der Waals surface area contributed by atoms with Crippen LogP contribution in [0.25, 0.3) is 10.9 Å². The Hall–Kier alpha value is -1.45. The molecule has 2 aromatic rings. The van der Waals surface area contributed by atoms with Crippen molar-refractivity contribution in [2.45, 2.75) is 6.43 Å². The summed E-state index contributed by atoms with van der Waals surface area (Å²) in [5.41, 5.74) is 0.707. The number of hydrogen-bond acceptors (Lipinski definition) is 1. The molecular formula is C8H6F2N2. The van der Waals surface area contributed by atoms with Crippen LogP contribution in [0.1, 0.15) is 12.0 Å². The van der Waals surface area contributed by atoms with Gasteiger partial charge < -0.3 is 4.98 Å². The molecule has 0 bridgehead atoms. The number of aromatic amines is 1. The van der Waals surface area contributed by atoms with Crippen molar-refractivity contribution in [1.82, 2.24) is 9.97 Å². The van der Waals surface area contributed by atoms with Gasteiger partial charge in [-0.15, -0.1) is 0 Å². The molecule has 2 heterocycles. The summed E-state index contributed by atoms with van der Waals surface area (Å²) in [7, 11) is 0. The molecule has 0 amide bonds. The van der Waals surface area contributed by atoms with Crippen molar-refractivity contribution in [3.8, 4) is 0 Å². The molecule has 0 saturated heterocycles. The van der Waals surface area contributed by atoms with E-state index in [2.05, 4.69) is 9.97 Å². The summed E-state index contributed by atoms with van der Waals surface area (Å²) in [6.45, 7) is 0. The topological polar surface area (TPSA) is 28.7 Å². The molecule has 2 rings (SSSR count). The monoisotopic (exact) mass is 168 g/mol. The van der Waals surface area contributed by atoms with E-state index in [0.717, 1.165) is 0 Å². The normalized spacial score (nSPS) is 11.2. The number of fused-ring (bicyclic) bond motifs is 1. The molecule has 2 aromatic heterocycles. The van der Waals surface area contributed by atoms with Gasteiger partial charge >= 0.3 is 0 Å². The summed E-state index contributed by atoms with van der Waals surface area (Å²) in [6.07, 6.45) is 1.88. The van der Waals surface area contributed by atoms with Gasteiger partial charge in [0.25, 0.3) is 6.43 Å². The van der Waals surface area contributed by atoms with Crippen molar-refractivity contribution < 1.29 is 8.78 Å². The van der Waals surface area contributed by atoms with Crippen LogP contribution in [0.15, 0.2) is 24.7 Å². The van der Waals surface area contributed by atoms with Crippen LogP contribution in [0, 0.1) is 0 Å². The van der Waals surface area contributed by atoms with Crippen LogP contribution in [0.4, 0.5) is 8.78 Å². The van der Waals surface area contributed by atoms with Gasteiger partial charge in [-0.1, -0.05) is 0 Å². The van der Waals surface area contributed by atoms with E-state index in [0.29, 0.717) is 10.9 Å². The molecule has 0 aliphatic heterocycles. The number of alkyl halides is 2. The number of pyridine rings is 1. The standard InChI is InChI=1S/C8H6F2N2/c9-8(10)6-4-12-7-1-2-11-3-5(6)7/h1-4,8,12H. The highest BCUT2D eigenvalue weighted by Gasteiger charge is 2.12. The zero-order valence-corrected chi connectivity index (χ0v) is 6.09. The van der Waals surface area contributed by atoms with E-state index in [4.69, 9.17) is 0 Å². The second-order valence-corrected chi connectivity index (χ2v) is 2.47. The zero-order chi connectivity index (χ0) is 8.55. The van der Waals surface area contributed by atoms with Gasteiger partial charge in [-0.25, -0.2) is 8.78 Å². The van der Waals surface area contributed by atoms with E-state index in [9.17, 15) is 8.78 Å². The second kappa shape index (κ2) is 2.55. The molecule has 0 spiro atoms. The first-order valence-electron chi connectivity index (χ1n) is 3.48. The summed E-state index contributed by atoms with van der Waals surface area (Å²) in [5.74, 6) is 0. The molecule has 12 heavy (non-hydrogen) atoms. The van der Waals surface area contributed by atoms with Gasteiger partial charge in [0.2, 0.25) is 0 Å². The van der Waals surface area contributed by atoms with Gasteiger partial charge in [0.15, 0.2) is 0 Å². The minimum absolute atomic E-state index is 0.0121. The maximum atomic E-state index is 12.3. The number of hydrogen-bond donors (Lipinski definition) is 1. The quantitative estimate of drug-likeness (QED) is 0.696. The lowest BCUT2D eigenvalue weighted by Gasteiger charge is -1.93. The van der Waals surface area contributed by atoms with E-state index in [1.54, 1.807) is 12.3 Å². The van der Waals surface area contributed by atoms with Gasteiger partial charge in [0, 0.05) is 35.1 Å². The van der Waals surface area contributed by atoms with Crippen LogP contribution in [-0.4, -0.2) is 9.97 Å². The first-order chi connectivity index (χ1) is 5.79. The molecule has 0 aromatic carbocycles. The van der Waals surface area contributed by atoms with Crippen LogP contribution in [0.5, 0.6) is 0 Å². The summed E-state index contributed by atoms with van der Waals surface area (Å²) < 4.78 is 24.6. The Morgan fingerprint density at radius 1 is 1.42 bits per heavy atom. The Morgan fingerprint density at radius 3 is 3.00 bits per heavy atom. The Labute approximate surface area is 67.2 Å². The van der Waals surface area contributed by atoms with Crippen molar-refractivity contribution in [2.24, 2.45) is 0 Å². The lowest BCUT2D eigenvalue weighted by atomic mass is 10.2. The molecule has 0 saturated carbocycles. The van der Waals surface area contributed by atoms with Gasteiger partial charge in [-0.05, 0) is 6.07 Å². The Morgan fingerprint density at radius 2 is 2.25 bits per heavy atom. The van der Waals surface area contributed by atoms with Crippen LogP contribution < -0.4 is 0 Å². The molecule has 0 aliphatic carbocycles. The van der Waals surface area contributed by atoms with Crippen LogP contribution in [0.2, 0.25) is 0 Å². The number of aromatic nitrogens is 2. The summed E-state index contributed by atoms with van der Waals surface area (Å²) in [6, 6.07) is 1.67. The molecule has 2 nitrogen and oxygen atoms in total. The lowest BCUT2D eigenvalue weighted by Crippen LogP contribution is -1.80. The van der Waals surface area contributed by atoms with Crippen molar-refractivity contribution >= 4 is 10.9 Å². The Balaban J connectivity index is 2.70. The fraction of sp³-hybridized carbons (Fsp3) is 0.125. The van der Waals surface area contributed by atoms with Crippen LogP contribution >= 0.6 is 0 Å². The van der Waals surface area contributed by atoms with Crippen LogP contribution in [0.3, 0.4) is 0 Å². The fourth-order valence-corrected chi connectivity index (χ4v) is 1.16. The molecule has 62 valence electrons. The molecule has 0 unspecified atom stereocenters. The number of halogens is 2. The third-order valence-electron chi connectivity index (χ3n) is 1.75. The third kappa shape index (κ3) is 0.958. The van der Waals surface area contributed by atoms with Gasteiger partial charge in [-0.3, -0.25) is 4.98 Å². The maximum Gasteiger partial charge on any atom is 0.265 e. The van der Waals surface area contributed by atoms with Gasteiger partial charge in [-0.2, -0.15) is 0 Å². The summed E-state index contributed by atoms with van der Waals surface area (Å²) in [5, 5.41) is 0.493. The lowest BCUT2D eigenvalue weighted by molar-refractivity contribution is 0.153. The van der Waals surface area contributed by atoms with E-state index in [1.165, 1.54) is 12.4 Å². The SMILES string of the molecule is FC(F)c1c[nH]c2ccncc12. The van der Waals surface area contributed by atoms with Gasteiger partial charge in [0.1, 0.15) is 0 Å². The first-order valence-corrected chi connectivity index (χ1v) is 3.48. The van der Waals surface area contributed by atoms with Gasteiger partial charge in [0.05, 0.1) is 0 Å². The first kappa shape index (κ1) is 7.21. The summed E-state index contributed by atoms with van der Waals surface area (Å²) in [4.78, 5) is 6.52. The average molecular weight is 168 g/mol. The van der Waals surface area contributed by atoms with E-state index >= 15 is 0 Å². The highest BCUT2D eigenvalue weighted by atomic mass is 19.3. The van der Waals surface area contributed by atoms with E-state index in [1.807, 2.05) is 0 Å². The Kier molecular flexibility index (Phi) is 1.53. The van der Waals surface area contributed by atoms with Crippen molar-refractivity contribution in [1.29, 1.82) is 0 Å². The number of nitrogens with zero attached hydrogens (tertiary/aromatic N) is 1. The highest BCUT2D eigenvalue weighted by Crippen LogP contribution is 2.26. The Bertz CT molecular complexity index is 395. The third-order valence-corrected chi connectivity index (χ3v) is 1.75. The number of nitrogens with one attached hydrogen (secondary N) is 1. The zero-order valence-electron chi connectivity index (χ0n) is 6.09. The minimum atomic E-state index is -2.44. The minimum Gasteiger partial charge on any atom is -0.361 e. The molecule has 0 aliphatic rings. The second-order valence-electron chi connectivity index (χ2n) is 2.47. The molecule has 0 atom stereocenters. The smallest absolute Gasteiger partial charge is 0.265 e. The largest absolute Gasteiger partial charge is 0.361 e. The highest BCUT2D eigenvalue weighted by molar-refractivity contribution is 5.82. The average Bonchev–Trinajstić information content (AvgIpc) is 2.47. The molecule has 0 fully saturated rings.